The molecule has 0 aliphatic rings. The molecule has 18 heavy (non-hydrogen) atoms. The first-order chi connectivity index (χ1) is 8.39. The first-order valence-electron chi connectivity index (χ1n) is 4.86. The van der Waals surface area contributed by atoms with Crippen molar-refractivity contribution in [2.45, 2.75) is 9.79 Å². The molecule has 2 rings (SSSR count). The molecule has 0 fully saturated rings. The van der Waals surface area contributed by atoms with Gasteiger partial charge in [0.1, 0.15) is 0 Å². The summed E-state index contributed by atoms with van der Waals surface area (Å²) < 4.78 is 24.6. The Hall–Kier alpha value is -0.740. The van der Waals surface area contributed by atoms with Crippen molar-refractivity contribution in [3.05, 3.63) is 57.5 Å². The molecule has 2 aromatic rings. The minimum Gasteiger partial charge on any atom is -0.219 e. The molecule has 6 heteroatoms. The third-order valence-electron chi connectivity index (χ3n) is 2.27. The lowest BCUT2D eigenvalue weighted by Crippen LogP contribution is -2.01. The average Bonchev–Trinajstić information content (AvgIpc) is 2.28. The van der Waals surface area contributed by atoms with Crippen LogP contribution in [0.25, 0.3) is 0 Å². The van der Waals surface area contributed by atoms with E-state index >= 15 is 0 Å². The maximum Gasteiger partial charge on any atom is 0.206 e. The Labute approximate surface area is 120 Å². The van der Waals surface area contributed by atoms with E-state index in [-0.39, 0.29) is 19.8 Å². The van der Waals surface area contributed by atoms with Gasteiger partial charge in [-0.2, -0.15) is 0 Å². The largest absolute Gasteiger partial charge is 0.219 e. The summed E-state index contributed by atoms with van der Waals surface area (Å²) in [5, 5.41) is 1.02. The average molecular weight is 322 g/mol. The number of benzene rings is 2. The smallest absolute Gasteiger partial charge is 0.206 e. The Morgan fingerprint density at radius 2 is 1.17 bits per heavy atom. The highest BCUT2D eigenvalue weighted by atomic mass is 35.5. The lowest BCUT2D eigenvalue weighted by molar-refractivity contribution is 0.596. The molecule has 0 bridgehead atoms. The van der Waals surface area contributed by atoms with Gasteiger partial charge < -0.3 is 0 Å². The van der Waals surface area contributed by atoms with Gasteiger partial charge in [-0.15, -0.1) is 0 Å². The van der Waals surface area contributed by atoms with Crippen molar-refractivity contribution in [1.82, 2.24) is 0 Å². The Morgan fingerprint density at radius 3 is 1.67 bits per heavy atom. The Kier molecular flexibility index (Phi) is 3.87. The summed E-state index contributed by atoms with van der Waals surface area (Å²) in [5.74, 6) is 0. The molecule has 0 spiro atoms. The molecular weight excluding hydrogens is 315 g/mol. The third-order valence-corrected chi connectivity index (χ3v) is 4.71. The summed E-state index contributed by atoms with van der Waals surface area (Å²) >= 11 is 17.3. The predicted octanol–water partition coefficient (Wildman–Crippen LogP) is 4.48. The van der Waals surface area contributed by atoms with Crippen LogP contribution in [0.4, 0.5) is 0 Å². The van der Waals surface area contributed by atoms with Gasteiger partial charge in [0.25, 0.3) is 0 Å². The normalized spacial score (nSPS) is 11.5. The summed E-state index contributed by atoms with van der Waals surface area (Å²) in [5.41, 5.74) is 0. The molecule has 2 aromatic carbocycles. The Balaban J connectivity index is 2.57. The zero-order valence-corrected chi connectivity index (χ0v) is 12.0. The van der Waals surface area contributed by atoms with E-state index in [0.717, 1.165) is 0 Å². The monoisotopic (exact) mass is 320 g/mol. The standard InChI is InChI=1S/C12H7Cl3O2S/c13-8-1-3-11(4-2-8)18(16,17)12-6-9(14)5-10(15)7-12/h1-7H. The minimum absolute atomic E-state index is 0.0577. The summed E-state index contributed by atoms with van der Waals surface area (Å²) in [6.45, 7) is 0. The molecule has 0 saturated heterocycles. The summed E-state index contributed by atoms with van der Waals surface area (Å²) in [6, 6.07) is 10.1. The van der Waals surface area contributed by atoms with E-state index in [1.54, 1.807) is 0 Å². The highest BCUT2D eigenvalue weighted by Gasteiger charge is 2.18. The van der Waals surface area contributed by atoms with E-state index < -0.39 is 9.84 Å². The van der Waals surface area contributed by atoms with Crippen molar-refractivity contribution in [1.29, 1.82) is 0 Å². The van der Waals surface area contributed by atoms with Gasteiger partial charge in [-0.1, -0.05) is 34.8 Å². The molecule has 0 radical (unpaired) electrons. The molecule has 94 valence electrons. The zero-order chi connectivity index (χ0) is 13.3. The van der Waals surface area contributed by atoms with E-state index in [1.807, 2.05) is 0 Å². The summed E-state index contributed by atoms with van der Waals surface area (Å²) in [7, 11) is -3.63. The van der Waals surface area contributed by atoms with Gasteiger partial charge in [0, 0.05) is 15.1 Å². The lowest BCUT2D eigenvalue weighted by atomic mass is 10.4. The second-order valence-corrected chi connectivity index (χ2v) is 6.82. The fourth-order valence-electron chi connectivity index (χ4n) is 1.43. The molecular formula is C12H7Cl3O2S. The second kappa shape index (κ2) is 5.10. The number of sulfone groups is 1. The molecule has 0 atom stereocenters. The van der Waals surface area contributed by atoms with Crippen molar-refractivity contribution in [3.63, 3.8) is 0 Å². The van der Waals surface area contributed by atoms with Crippen molar-refractivity contribution < 1.29 is 8.42 Å². The third kappa shape index (κ3) is 2.81. The van der Waals surface area contributed by atoms with Crippen molar-refractivity contribution in [3.8, 4) is 0 Å². The van der Waals surface area contributed by atoms with Gasteiger partial charge in [0.15, 0.2) is 0 Å². The molecule has 2 nitrogen and oxygen atoms in total. The van der Waals surface area contributed by atoms with Crippen molar-refractivity contribution in [2.75, 3.05) is 0 Å². The van der Waals surface area contributed by atoms with E-state index in [2.05, 4.69) is 0 Å². The molecule has 0 heterocycles. The van der Waals surface area contributed by atoms with Crippen LogP contribution in [0, 0.1) is 0 Å². The van der Waals surface area contributed by atoms with Crippen LogP contribution < -0.4 is 0 Å². The topological polar surface area (TPSA) is 34.1 Å². The molecule has 0 amide bonds. The van der Waals surface area contributed by atoms with Gasteiger partial charge in [-0.05, 0) is 42.5 Å². The minimum atomic E-state index is -3.63. The van der Waals surface area contributed by atoms with E-state index in [4.69, 9.17) is 34.8 Å². The van der Waals surface area contributed by atoms with Crippen LogP contribution >= 0.6 is 34.8 Å². The van der Waals surface area contributed by atoms with E-state index in [9.17, 15) is 8.42 Å². The number of hydrogen-bond donors (Lipinski definition) is 0. The second-order valence-electron chi connectivity index (χ2n) is 3.56. The number of rotatable bonds is 2. The number of hydrogen-bond acceptors (Lipinski definition) is 2. The van der Waals surface area contributed by atoms with E-state index in [1.165, 1.54) is 42.5 Å². The van der Waals surface area contributed by atoms with Crippen LogP contribution in [0.1, 0.15) is 0 Å². The molecule has 0 aromatic heterocycles. The number of halogens is 3. The van der Waals surface area contributed by atoms with Gasteiger partial charge in [0.05, 0.1) is 9.79 Å². The fraction of sp³-hybridized carbons (Fsp3) is 0. The van der Waals surface area contributed by atoms with Gasteiger partial charge in [-0.25, -0.2) is 8.42 Å². The highest BCUT2D eigenvalue weighted by Crippen LogP contribution is 2.27. The van der Waals surface area contributed by atoms with Crippen molar-refractivity contribution >= 4 is 44.6 Å². The zero-order valence-electron chi connectivity index (χ0n) is 8.90. The SMILES string of the molecule is O=S(=O)(c1ccc(Cl)cc1)c1cc(Cl)cc(Cl)c1. The van der Waals surface area contributed by atoms with Crippen LogP contribution in [-0.2, 0) is 9.84 Å². The van der Waals surface area contributed by atoms with E-state index in [0.29, 0.717) is 5.02 Å². The van der Waals surface area contributed by atoms with Crippen LogP contribution in [0.15, 0.2) is 52.3 Å². The molecule has 0 N–H and O–H groups in total. The fourth-order valence-corrected chi connectivity index (χ4v) is 3.55. The Bertz CT molecular complexity index is 659. The molecule has 0 unspecified atom stereocenters. The molecule has 0 aliphatic carbocycles. The summed E-state index contributed by atoms with van der Waals surface area (Å²) in [6.07, 6.45) is 0. The maximum absolute atomic E-state index is 12.3. The van der Waals surface area contributed by atoms with Crippen LogP contribution in [0.2, 0.25) is 15.1 Å². The molecule has 0 aliphatic heterocycles. The van der Waals surface area contributed by atoms with Crippen LogP contribution in [-0.4, -0.2) is 8.42 Å². The van der Waals surface area contributed by atoms with Crippen LogP contribution in [0.5, 0.6) is 0 Å². The lowest BCUT2D eigenvalue weighted by Gasteiger charge is -2.06. The highest BCUT2D eigenvalue weighted by molar-refractivity contribution is 7.91. The van der Waals surface area contributed by atoms with Crippen molar-refractivity contribution in [2.24, 2.45) is 0 Å². The first kappa shape index (κ1) is 13.7. The van der Waals surface area contributed by atoms with Crippen LogP contribution in [0.3, 0.4) is 0 Å². The van der Waals surface area contributed by atoms with Gasteiger partial charge in [-0.3, -0.25) is 0 Å². The quantitative estimate of drug-likeness (QED) is 0.817. The first-order valence-corrected chi connectivity index (χ1v) is 7.48. The van der Waals surface area contributed by atoms with Gasteiger partial charge in [0.2, 0.25) is 9.84 Å². The Morgan fingerprint density at radius 1 is 0.667 bits per heavy atom. The molecule has 0 saturated carbocycles. The summed E-state index contributed by atoms with van der Waals surface area (Å²) in [4.78, 5) is 0.201. The predicted molar refractivity (Wildman–Crippen MR) is 73.4 cm³/mol. The maximum atomic E-state index is 12.3. The van der Waals surface area contributed by atoms with Gasteiger partial charge >= 0.3 is 0 Å².